The Kier molecular flexibility index (Phi) is 6.02. The average molecular weight is 331 g/mol. The zero-order chi connectivity index (χ0) is 17.5. The molecule has 0 aliphatic rings. The molecule has 1 atom stereocenters. The van der Waals surface area contributed by atoms with Crippen molar-refractivity contribution in [2.24, 2.45) is 0 Å². The van der Waals surface area contributed by atoms with Gasteiger partial charge in [-0.15, -0.1) is 0 Å². The summed E-state index contributed by atoms with van der Waals surface area (Å²) in [6, 6.07) is 9.46. The van der Waals surface area contributed by atoms with E-state index in [1.165, 1.54) is 6.33 Å². The van der Waals surface area contributed by atoms with Gasteiger partial charge in [0.05, 0.1) is 17.6 Å². The van der Waals surface area contributed by atoms with Gasteiger partial charge in [0.15, 0.2) is 0 Å². The van der Waals surface area contributed by atoms with E-state index in [2.05, 4.69) is 15.3 Å². The topological polar surface area (TPSA) is 104 Å². The highest BCUT2D eigenvalue weighted by Crippen LogP contribution is 2.33. The first kappa shape index (κ1) is 17.6. The summed E-state index contributed by atoms with van der Waals surface area (Å²) < 4.78 is 0. The van der Waals surface area contributed by atoms with E-state index in [4.69, 9.17) is 5.11 Å². The first-order valence-electron chi connectivity index (χ1n) is 7.75. The van der Waals surface area contributed by atoms with Crippen molar-refractivity contribution in [1.29, 1.82) is 0 Å². The Morgan fingerprint density at radius 2 is 2.04 bits per heavy atom. The molecule has 0 bridgehead atoms. The lowest BCUT2D eigenvalue weighted by Gasteiger charge is -2.22. The zero-order valence-electron chi connectivity index (χ0n) is 13.7. The number of hydrogen-bond acceptors (Lipinski definition) is 7. The fourth-order valence-corrected chi connectivity index (χ4v) is 2.44. The third kappa shape index (κ3) is 3.96. The maximum absolute atomic E-state index is 11.6. The van der Waals surface area contributed by atoms with Gasteiger partial charge in [0.1, 0.15) is 6.33 Å². The number of nitrogens with one attached hydrogen (secondary N) is 1. The van der Waals surface area contributed by atoms with Crippen molar-refractivity contribution in [3.63, 3.8) is 0 Å². The van der Waals surface area contributed by atoms with E-state index in [9.17, 15) is 10.1 Å². The summed E-state index contributed by atoms with van der Waals surface area (Å²) in [6.07, 6.45) is 1.29. The van der Waals surface area contributed by atoms with E-state index >= 15 is 0 Å². The minimum atomic E-state index is -0.491. The molecule has 2 N–H and O–H groups in total. The maximum Gasteiger partial charge on any atom is 0.353 e. The number of likely N-dealkylation sites (N-methyl/N-ethyl adjacent to an activating group) is 1. The van der Waals surface area contributed by atoms with Crippen LogP contribution in [0.5, 0.6) is 0 Å². The van der Waals surface area contributed by atoms with Crippen LogP contribution in [0.4, 0.5) is 17.3 Å². The molecule has 24 heavy (non-hydrogen) atoms. The summed E-state index contributed by atoms with van der Waals surface area (Å²) in [4.78, 5) is 20.8. The predicted octanol–water partition coefficient (Wildman–Crippen LogP) is 2.38. The molecule has 0 aliphatic carbocycles. The van der Waals surface area contributed by atoms with Crippen LogP contribution in [0.2, 0.25) is 0 Å². The SMILES string of the molecule is CCN(CCO)c1ncnc(NC(C)c2ccccc2)c1[N+](=O)[O-]. The maximum atomic E-state index is 11.6. The van der Waals surface area contributed by atoms with Gasteiger partial charge in [-0.2, -0.15) is 0 Å². The summed E-state index contributed by atoms with van der Waals surface area (Å²) in [6.45, 7) is 4.40. The number of benzene rings is 1. The highest BCUT2D eigenvalue weighted by molar-refractivity contribution is 5.70. The highest BCUT2D eigenvalue weighted by Gasteiger charge is 2.27. The first-order chi connectivity index (χ1) is 11.6. The molecule has 2 aromatic rings. The Morgan fingerprint density at radius 1 is 1.33 bits per heavy atom. The fraction of sp³-hybridized carbons (Fsp3) is 0.375. The molecular weight excluding hydrogens is 310 g/mol. The molecule has 2 rings (SSSR count). The van der Waals surface area contributed by atoms with Crippen LogP contribution in [-0.2, 0) is 0 Å². The summed E-state index contributed by atoms with van der Waals surface area (Å²) in [5, 5.41) is 23.8. The second-order valence-corrected chi connectivity index (χ2v) is 5.23. The Morgan fingerprint density at radius 3 is 2.62 bits per heavy atom. The van der Waals surface area contributed by atoms with E-state index in [-0.39, 0.29) is 36.5 Å². The van der Waals surface area contributed by atoms with E-state index in [1.807, 2.05) is 44.2 Å². The minimum Gasteiger partial charge on any atom is -0.395 e. The van der Waals surface area contributed by atoms with Crippen LogP contribution in [0.3, 0.4) is 0 Å². The molecular formula is C16H21N5O3. The smallest absolute Gasteiger partial charge is 0.353 e. The van der Waals surface area contributed by atoms with Crippen LogP contribution >= 0.6 is 0 Å². The van der Waals surface area contributed by atoms with E-state index in [1.54, 1.807) is 4.90 Å². The molecule has 1 aromatic heterocycles. The van der Waals surface area contributed by atoms with Crippen LogP contribution in [0.1, 0.15) is 25.5 Å². The number of aliphatic hydroxyl groups is 1. The Labute approximate surface area is 140 Å². The van der Waals surface area contributed by atoms with Crippen molar-refractivity contribution in [2.75, 3.05) is 29.9 Å². The van der Waals surface area contributed by atoms with Crippen molar-refractivity contribution in [3.8, 4) is 0 Å². The fourth-order valence-electron chi connectivity index (χ4n) is 2.44. The van der Waals surface area contributed by atoms with Crippen molar-refractivity contribution in [1.82, 2.24) is 9.97 Å². The number of rotatable bonds is 8. The standard InChI is InChI=1S/C16H21N5O3/c1-3-20(9-10-22)16-14(21(23)24)15(17-11-18-16)19-12(2)13-7-5-4-6-8-13/h4-8,11-12,22H,3,9-10H2,1-2H3,(H,17,18,19). The molecule has 1 aromatic carbocycles. The highest BCUT2D eigenvalue weighted by atomic mass is 16.6. The van der Waals surface area contributed by atoms with Crippen molar-refractivity contribution in [2.45, 2.75) is 19.9 Å². The number of nitro groups is 1. The van der Waals surface area contributed by atoms with Crippen LogP contribution in [0.15, 0.2) is 36.7 Å². The lowest BCUT2D eigenvalue weighted by Crippen LogP contribution is -2.28. The monoisotopic (exact) mass is 331 g/mol. The second kappa shape index (κ2) is 8.21. The summed E-state index contributed by atoms with van der Waals surface area (Å²) in [5.41, 5.74) is 0.810. The van der Waals surface area contributed by atoms with Gasteiger partial charge < -0.3 is 15.3 Å². The predicted molar refractivity (Wildman–Crippen MR) is 92.1 cm³/mol. The van der Waals surface area contributed by atoms with Gasteiger partial charge in [0.2, 0.25) is 11.6 Å². The second-order valence-electron chi connectivity index (χ2n) is 5.23. The molecule has 0 radical (unpaired) electrons. The Balaban J connectivity index is 2.37. The number of hydrogen-bond donors (Lipinski definition) is 2. The molecule has 1 unspecified atom stereocenters. The molecule has 0 saturated heterocycles. The summed E-state index contributed by atoms with van der Waals surface area (Å²) in [7, 11) is 0. The molecule has 0 aliphatic heterocycles. The third-order valence-corrected chi connectivity index (χ3v) is 3.69. The van der Waals surface area contributed by atoms with E-state index < -0.39 is 4.92 Å². The quantitative estimate of drug-likeness (QED) is 0.565. The van der Waals surface area contributed by atoms with Crippen LogP contribution in [0.25, 0.3) is 0 Å². The largest absolute Gasteiger partial charge is 0.395 e. The molecule has 0 saturated carbocycles. The lowest BCUT2D eigenvalue weighted by atomic mass is 10.1. The van der Waals surface area contributed by atoms with Gasteiger partial charge in [0.25, 0.3) is 0 Å². The zero-order valence-corrected chi connectivity index (χ0v) is 13.7. The van der Waals surface area contributed by atoms with Gasteiger partial charge >= 0.3 is 5.69 Å². The molecule has 0 amide bonds. The number of nitrogens with zero attached hydrogens (tertiary/aromatic N) is 4. The lowest BCUT2D eigenvalue weighted by molar-refractivity contribution is -0.383. The van der Waals surface area contributed by atoms with Crippen LogP contribution in [-0.4, -0.2) is 39.7 Å². The molecule has 1 heterocycles. The van der Waals surface area contributed by atoms with Gasteiger partial charge in [-0.3, -0.25) is 10.1 Å². The van der Waals surface area contributed by atoms with Gasteiger partial charge in [-0.25, -0.2) is 9.97 Å². The van der Waals surface area contributed by atoms with Crippen molar-refractivity contribution in [3.05, 3.63) is 52.3 Å². The number of anilines is 2. The van der Waals surface area contributed by atoms with E-state index in [0.717, 1.165) is 5.56 Å². The molecule has 8 heteroatoms. The molecule has 0 fully saturated rings. The van der Waals surface area contributed by atoms with Gasteiger partial charge in [-0.05, 0) is 19.4 Å². The normalized spacial score (nSPS) is 11.8. The first-order valence-corrected chi connectivity index (χ1v) is 7.75. The van der Waals surface area contributed by atoms with Crippen molar-refractivity contribution >= 4 is 17.3 Å². The van der Waals surface area contributed by atoms with Crippen molar-refractivity contribution < 1.29 is 10.0 Å². The Bertz CT molecular complexity index is 681. The van der Waals surface area contributed by atoms with Crippen LogP contribution < -0.4 is 10.2 Å². The van der Waals surface area contributed by atoms with E-state index in [0.29, 0.717) is 6.54 Å². The van der Waals surface area contributed by atoms with Gasteiger partial charge in [-0.1, -0.05) is 30.3 Å². The molecule has 8 nitrogen and oxygen atoms in total. The molecule has 0 spiro atoms. The number of aliphatic hydroxyl groups excluding tert-OH is 1. The average Bonchev–Trinajstić information content (AvgIpc) is 2.60. The summed E-state index contributed by atoms with van der Waals surface area (Å²) in [5.74, 6) is 0.368. The minimum absolute atomic E-state index is 0.113. The molecule has 128 valence electrons. The number of aromatic nitrogens is 2. The van der Waals surface area contributed by atoms with Gasteiger partial charge in [0, 0.05) is 13.1 Å². The van der Waals surface area contributed by atoms with Crippen LogP contribution in [0, 0.1) is 10.1 Å². The Hall–Kier alpha value is -2.74. The third-order valence-electron chi connectivity index (χ3n) is 3.69. The summed E-state index contributed by atoms with van der Waals surface area (Å²) >= 11 is 0.